The molecule has 1 aliphatic rings. The molecule has 3 N–H and O–H groups in total. The van der Waals surface area contributed by atoms with Crippen LogP contribution in [0.25, 0.3) is 0 Å². The molecule has 0 bridgehead atoms. The SMILES string of the molecule is O=C(NC[C@@H](O)CO)c1coc(COc2ccc3c(c2)OCO3)n1. The molecule has 0 aliphatic carbocycles. The first-order valence-corrected chi connectivity index (χ1v) is 7.19. The van der Waals surface area contributed by atoms with Gasteiger partial charge in [-0.2, -0.15) is 0 Å². The van der Waals surface area contributed by atoms with Gasteiger partial charge in [-0.3, -0.25) is 4.79 Å². The number of aromatic nitrogens is 1. The van der Waals surface area contributed by atoms with E-state index >= 15 is 0 Å². The van der Waals surface area contributed by atoms with Crippen LogP contribution < -0.4 is 19.5 Å². The summed E-state index contributed by atoms with van der Waals surface area (Å²) in [6.07, 6.45) is 0.175. The Balaban J connectivity index is 1.53. The number of ether oxygens (including phenoxy) is 3. The van der Waals surface area contributed by atoms with Crippen LogP contribution in [-0.2, 0) is 6.61 Å². The van der Waals surface area contributed by atoms with E-state index in [-0.39, 0.29) is 31.5 Å². The minimum Gasteiger partial charge on any atom is -0.484 e. The smallest absolute Gasteiger partial charge is 0.273 e. The van der Waals surface area contributed by atoms with Gasteiger partial charge in [0.25, 0.3) is 5.91 Å². The van der Waals surface area contributed by atoms with Crippen LogP contribution in [0.3, 0.4) is 0 Å². The third-order valence-corrected chi connectivity index (χ3v) is 3.20. The van der Waals surface area contributed by atoms with E-state index in [9.17, 15) is 9.90 Å². The number of carbonyl (C=O) groups is 1. The predicted octanol–water partition coefficient (Wildman–Crippen LogP) is 0.0653. The van der Waals surface area contributed by atoms with Crippen molar-refractivity contribution in [3.63, 3.8) is 0 Å². The number of benzene rings is 1. The molecular formula is C15H16N2O7. The van der Waals surface area contributed by atoms with Gasteiger partial charge in [0.05, 0.1) is 12.7 Å². The predicted molar refractivity (Wildman–Crippen MR) is 78.8 cm³/mol. The summed E-state index contributed by atoms with van der Waals surface area (Å²) in [4.78, 5) is 15.8. The summed E-state index contributed by atoms with van der Waals surface area (Å²) in [6, 6.07) is 5.15. The van der Waals surface area contributed by atoms with Crippen molar-refractivity contribution in [2.24, 2.45) is 0 Å². The Bertz CT molecular complexity index is 716. The Morgan fingerprint density at radius 2 is 2.21 bits per heavy atom. The number of oxazole rings is 1. The molecule has 1 aliphatic heterocycles. The van der Waals surface area contributed by atoms with Crippen molar-refractivity contribution in [3.8, 4) is 17.2 Å². The van der Waals surface area contributed by atoms with Crippen molar-refractivity contribution in [1.29, 1.82) is 0 Å². The van der Waals surface area contributed by atoms with Crippen molar-refractivity contribution < 1.29 is 33.6 Å². The number of carbonyl (C=O) groups excluding carboxylic acids is 1. The molecule has 1 aromatic heterocycles. The zero-order valence-corrected chi connectivity index (χ0v) is 12.6. The number of nitrogens with one attached hydrogen (secondary N) is 1. The monoisotopic (exact) mass is 336 g/mol. The maximum atomic E-state index is 11.8. The molecule has 9 nitrogen and oxygen atoms in total. The molecule has 0 spiro atoms. The van der Waals surface area contributed by atoms with Gasteiger partial charge in [-0.15, -0.1) is 0 Å². The second-order valence-corrected chi connectivity index (χ2v) is 4.98. The number of nitrogens with zero attached hydrogens (tertiary/aromatic N) is 1. The van der Waals surface area contributed by atoms with Crippen LogP contribution in [-0.4, -0.2) is 47.2 Å². The lowest BCUT2D eigenvalue weighted by Crippen LogP contribution is -2.34. The summed E-state index contributed by atoms with van der Waals surface area (Å²) in [6.45, 7) is -0.299. The lowest BCUT2D eigenvalue weighted by Gasteiger charge is -2.07. The third kappa shape index (κ3) is 3.76. The van der Waals surface area contributed by atoms with Crippen molar-refractivity contribution in [3.05, 3.63) is 36.0 Å². The molecule has 0 saturated carbocycles. The minimum absolute atomic E-state index is 0.0339. The molecule has 24 heavy (non-hydrogen) atoms. The van der Waals surface area contributed by atoms with Crippen molar-refractivity contribution in [2.45, 2.75) is 12.7 Å². The molecule has 0 fully saturated rings. The molecule has 128 valence electrons. The van der Waals surface area contributed by atoms with Crippen LogP contribution in [0.15, 0.2) is 28.9 Å². The average Bonchev–Trinajstić information content (AvgIpc) is 3.25. The van der Waals surface area contributed by atoms with Crippen LogP contribution in [0, 0.1) is 0 Å². The van der Waals surface area contributed by atoms with Gasteiger partial charge in [-0.1, -0.05) is 0 Å². The zero-order chi connectivity index (χ0) is 16.9. The van der Waals surface area contributed by atoms with E-state index < -0.39 is 18.6 Å². The molecule has 0 radical (unpaired) electrons. The lowest BCUT2D eigenvalue weighted by molar-refractivity contribution is 0.0798. The van der Waals surface area contributed by atoms with Gasteiger partial charge in [0.15, 0.2) is 23.8 Å². The zero-order valence-electron chi connectivity index (χ0n) is 12.6. The van der Waals surface area contributed by atoms with Crippen molar-refractivity contribution in [2.75, 3.05) is 19.9 Å². The maximum absolute atomic E-state index is 11.8. The van der Waals surface area contributed by atoms with Crippen LogP contribution in [0.4, 0.5) is 0 Å². The molecule has 2 heterocycles. The summed E-state index contributed by atoms with van der Waals surface area (Å²) in [7, 11) is 0. The number of hydrogen-bond acceptors (Lipinski definition) is 8. The Morgan fingerprint density at radius 3 is 3.04 bits per heavy atom. The number of amides is 1. The first-order valence-electron chi connectivity index (χ1n) is 7.19. The summed E-state index contributed by atoms with van der Waals surface area (Å²) in [5, 5.41) is 20.3. The molecule has 1 amide bonds. The van der Waals surface area contributed by atoms with E-state index in [0.29, 0.717) is 17.2 Å². The molecule has 9 heteroatoms. The van der Waals surface area contributed by atoms with Crippen molar-refractivity contribution >= 4 is 5.91 Å². The maximum Gasteiger partial charge on any atom is 0.273 e. The lowest BCUT2D eigenvalue weighted by atomic mass is 10.3. The van der Waals surface area contributed by atoms with Gasteiger partial charge in [0.1, 0.15) is 12.0 Å². The summed E-state index contributed by atoms with van der Waals surface area (Å²) >= 11 is 0. The number of rotatable bonds is 7. The first-order chi connectivity index (χ1) is 11.7. The topological polar surface area (TPSA) is 123 Å². The number of aliphatic hydroxyl groups excluding tert-OH is 2. The summed E-state index contributed by atoms with van der Waals surface area (Å²) < 4.78 is 21.2. The minimum atomic E-state index is -1.02. The van der Waals surface area contributed by atoms with Gasteiger partial charge in [-0.25, -0.2) is 4.98 Å². The second-order valence-electron chi connectivity index (χ2n) is 4.98. The van der Waals surface area contributed by atoms with E-state index in [0.717, 1.165) is 0 Å². The molecule has 1 aromatic carbocycles. The standard InChI is InChI=1S/C15H16N2O7/c18-5-9(19)4-16-15(20)11-6-22-14(17-11)7-21-10-1-2-12-13(3-10)24-8-23-12/h1-3,6,9,18-19H,4-5,7-8H2,(H,16,20)/t9-/m1/s1. The van der Waals surface area contributed by atoms with E-state index in [1.807, 2.05) is 0 Å². The fourth-order valence-electron chi connectivity index (χ4n) is 1.96. The Hall–Kier alpha value is -2.78. The molecular weight excluding hydrogens is 320 g/mol. The Morgan fingerprint density at radius 1 is 1.38 bits per heavy atom. The fourth-order valence-corrected chi connectivity index (χ4v) is 1.96. The Kier molecular flexibility index (Phi) is 4.82. The van der Waals surface area contributed by atoms with Crippen LogP contribution in [0.2, 0.25) is 0 Å². The van der Waals surface area contributed by atoms with E-state index in [4.69, 9.17) is 23.7 Å². The van der Waals surface area contributed by atoms with E-state index in [1.165, 1.54) is 6.26 Å². The van der Waals surface area contributed by atoms with Gasteiger partial charge in [0.2, 0.25) is 12.7 Å². The highest BCUT2D eigenvalue weighted by molar-refractivity contribution is 5.91. The highest BCUT2D eigenvalue weighted by atomic mass is 16.7. The highest BCUT2D eigenvalue weighted by Crippen LogP contribution is 2.35. The number of fused-ring (bicyclic) bond motifs is 1. The van der Waals surface area contributed by atoms with E-state index in [1.54, 1.807) is 18.2 Å². The molecule has 0 saturated heterocycles. The van der Waals surface area contributed by atoms with Gasteiger partial charge < -0.3 is 34.2 Å². The number of aliphatic hydroxyl groups is 2. The summed E-state index contributed by atoms with van der Waals surface area (Å²) in [5.41, 5.74) is 0.0597. The van der Waals surface area contributed by atoms with Gasteiger partial charge in [-0.05, 0) is 12.1 Å². The van der Waals surface area contributed by atoms with Gasteiger partial charge in [0, 0.05) is 12.6 Å². The third-order valence-electron chi connectivity index (χ3n) is 3.20. The van der Waals surface area contributed by atoms with E-state index in [2.05, 4.69) is 10.3 Å². The molecule has 3 rings (SSSR count). The fraction of sp³-hybridized carbons (Fsp3) is 0.333. The number of hydrogen-bond donors (Lipinski definition) is 3. The average molecular weight is 336 g/mol. The largest absolute Gasteiger partial charge is 0.484 e. The van der Waals surface area contributed by atoms with Crippen LogP contribution >= 0.6 is 0 Å². The highest BCUT2D eigenvalue weighted by Gasteiger charge is 2.16. The van der Waals surface area contributed by atoms with Crippen molar-refractivity contribution in [1.82, 2.24) is 10.3 Å². The van der Waals surface area contributed by atoms with Crippen LogP contribution in [0.5, 0.6) is 17.2 Å². The second kappa shape index (κ2) is 7.20. The molecule has 1 atom stereocenters. The quantitative estimate of drug-likeness (QED) is 0.649. The normalized spacial score (nSPS) is 13.6. The Labute approximate surface area is 136 Å². The molecule has 0 unspecified atom stereocenters. The molecule has 2 aromatic rings. The first kappa shape index (κ1) is 16.1. The summed E-state index contributed by atoms with van der Waals surface area (Å²) in [5.74, 6) is 1.51. The van der Waals surface area contributed by atoms with Gasteiger partial charge >= 0.3 is 0 Å². The van der Waals surface area contributed by atoms with Crippen LogP contribution in [0.1, 0.15) is 16.4 Å².